The molecule has 1 N–H and O–H groups in total. The Bertz CT molecular complexity index is 1120. The fourth-order valence-electron chi connectivity index (χ4n) is 3.17. The summed E-state index contributed by atoms with van der Waals surface area (Å²) in [5.41, 5.74) is 2.20. The molecule has 0 aliphatic carbocycles. The van der Waals surface area contributed by atoms with Crippen molar-refractivity contribution in [2.45, 2.75) is 6.92 Å². The molecule has 7 heteroatoms. The van der Waals surface area contributed by atoms with E-state index in [0.717, 1.165) is 10.5 Å². The maximum absolute atomic E-state index is 13.3. The molecule has 4 rings (SSSR count). The number of rotatable bonds is 5. The van der Waals surface area contributed by atoms with Gasteiger partial charge in [0.2, 0.25) is 0 Å². The Morgan fingerprint density at radius 3 is 2.45 bits per heavy atom. The van der Waals surface area contributed by atoms with E-state index in [4.69, 9.17) is 4.74 Å². The topological polar surface area (TPSA) is 58.6 Å². The number of nitrogens with zero attached hydrogens (tertiary/aromatic N) is 1. The highest BCUT2D eigenvalue weighted by Crippen LogP contribution is 2.39. The molecule has 146 valence electrons. The molecule has 0 saturated heterocycles. The van der Waals surface area contributed by atoms with Gasteiger partial charge in [-0.05, 0) is 60.3 Å². The summed E-state index contributed by atoms with van der Waals surface area (Å²) in [5, 5.41) is 4.84. The molecule has 2 amide bonds. The van der Waals surface area contributed by atoms with Gasteiger partial charge in [-0.25, -0.2) is 9.29 Å². The molecule has 1 aliphatic heterocycles. The minimum absolute atomic E-state index is 0.146. The van der Waals surface area contributed by atoms with Gasteiger partial charge in [0.1, 0.15) is 17.3 Å². The average molecular weight is 408 g/mol. The zero-order chi connectivity index (χ0) is 20.5. The van der Waals surface area contributed by atoms with Gasteiger partial charge >= 0.3 is 0 Å². The number of methoxy groups -OCH3 is 1. The van der Waals surface area contributed by atoms with Crippen LogP contribution in [0.5, 0.6) is 5.75 Å². The molecule has 1 aliphatic rings. The predicted octanol–water partition coefficient (Wildman–Crippen LogP) is 4.60. The Hall–Kier alpha value is -3.45. The second kappa shape index (κ2) is 7.52. The number of amides is 2. The molecule has 2 aromatic carbocycles. The summed E-state index contributed by atoms with van der Waals surface area (Å²) >= 11 is 1.36. The Labute approximate surface area is 171 Å². The molecule has 0 radical (unpaired) electrons. The first-order valence-corrected chi connectivity index (χ1v) is 9.71. The number of halogens is 1. The second-order valence-electron chi connectivity index (χ2n) is 6.48. The van der Waals surface area contributed by atoms with Crippen molar-refractivity contribution in [2.24, 2.45) is 0 Å². The number of benzene rings is 2. The Morgan fingerprint density at radius 1 is 1.03 bits per heavy atom. The standard InChI is InChI=1S/C22H17FN2O3S/c1-13-5-10-17(28-2)16(12-13)25-21(26)19(18-4-3-11-29-18)20(22(25)27)24-15-8-6-14(23)7-9-15/h3-12,24H,1-2H3. The normalized spacial score (nSPS) is 14.0. The van der Waals surface area contributed by atoms with E-state index in [1.54, 1.807) is 18.2 Å². The maximum Gasteiger partial charge on any atom is 0.282 e. The Morgan fingerprint density at radius 2 is 1.79 bits per heavy atom. The smallest absolute Gasteiger partial charge is 0.282 e. The lowest BCUT2D eigenvalue weighted by molar-refractivity contribution is -0.120. The molecule has 2 heterocycles. The van der Waals surface area contributed by atoms with Crippen molar-refractivity contribution in [1.29, 1.82) is 0 Å². The molecule has 0 spiro atoms. The van der Waals surface area contributed by atoms with Crippen LogP contribution >= 0.6 is 11.3 Å². The van der Waals surface area contributed by atoms with E-state index in [1.807, 2.05) is 24.4 Å². The number of ether oxygens (including phenoxy) is 1. The molecule has 0 unspecified atom stereocenters. The number of aryl methyl sites for hydroxylation is 1. The van der Waals surface area contributed by atoms with Crippen LogP contribution in [-0.2, 0) is 9.59 Å². The summed E-state index contributed by atoms with van der Waals surface area (Å²) in [4.78, 5) is 28.5. The molecule has 29 heavy (non-hydrogen) atoms. The van der Waals surface area contributed by atoms with Crippen LogP contribution in [0.4, 0.5) is 15.8 Å². The van der Waals surface area contributed by atoms with Crippen LogP contribution < -0.4 is 15.0 Å². The van der Waals surface area contributed by atoms with Crippen molar-refractivity contribution in [3.63, 3.8) is 0 Å². The summed E-state index contributed by atoms with van der Waals surface area (Å²) in [7, 11) is 1.49. The highest BCUT2D eigenvalue weighted by Gasteiger charge is 2.41. The number of imide groups is 1. The largest absolute Gasteiger partial charge is 0.495 e. The minimum atomic E-state index is -0.494. The third-order valence-electron chi connectivity index (χ3n) is 4.54. The van der Waals surface area contributed by atoms with Gasteiger partial charge < -0.3 is 10.1 Å². The van der Waals surface area contributed by atoms with E-state index < -0.39 is 11.8 Å². The molecule has 0 atom stereocenters. The summed E-state index contributed by atoms with van der Waals surface area (Å²) in [6, 6.07) is 14.5. The lowest BCUT2D eigenvalue weighted by Gasteiger charge is -2.19. The summed E-state index contributed by atoms with van der Waals surface area (Å²) in [5.74, 6) is -0.897. The van der Waals surface area contributed by atoms with E-state index in [-0.39, 0.29) is 17.1 Å². The third-order valence-corrected chi connectivity index (χ3v) is 5.43. The average Bonchev–Trinajstić information content (AvgIpc) is 3.30. The molecule has 0 bridgehead atoms. The molecule has 0 fully saturated rings. The van der Waals surface area contributed by atoms with Gasteiger partial charge in [0, 0.05) is 10.6 Å². The molecule has 5 nitrogen and oxygen atoms in total. The second-order valence-corrected chi connectivity index (χ2v) is 7.43. The van der Waals surface area contributed by atoms with Crippen LogP contribution in [0.15, 0.2) is 65.7 Å². The van der Waals surface area contributed by atoms with Crippen molar-refractivity contribution in [3.8, 4) is 5.75 Å². The van der Waals surface area contributed by atoms with E-state index in [9.17, 15) is 14.0 Å². The number of thiophene rings is 1. The molecular formula is C22H17FN2O3S. The van der Waals surface area contributed by atoms with Crippen molar-refractivity contribution in [1.82, 2.24) is 0 Å². The van der Waals surface area contributed by atoms with Crippen LogP contribution in [0.1, 0.15) is 10.4 Å². The first kappa shape index (κ1) is 18.9. The van der Waals surface area contributed by atoms with Crippen LogP contribution in [0.2, 0.25) is 0 Å². The zero-order valence-electron chi connectivity index (χ0n) is 15.7. The lowest BCUT2D eigenvalue weighted by atomic mass is 10.1. The quantitative estimate of drug-likeness (QED) is 0.627. The lowest BCUT2D eigenvalue weighted by Crippen LogP contribution is -2.32. The summed E-state index contributed by atoms with van der Waals surface area (Å²) < 4.78 is 18.6. The number of nitrogens with one attached hydrogen (secondary N) is 1. The van der Waals surface area contributed by atoms with Crippen molar-refractivity contribution >= 4 is 40.1 Å². The highest BCUT2D eigenvalue weighted by molar-refractivity contribution is 7.11. The number of carbonyl (C=O) groups excluding carboxylic acids is 2. The molecular weight excluding hydrogens is 391 g/mol. The summed E-state index contributed by atoms with van der Waals surface area (Å²) in [6.07, 6.45) is 0. The van der Waals surface area contributed by atoms with Gasteiger partial charge in [-0.15, -0.1) is 11.3 Å². The van der Waals surface area contributed by atoms with Crippen LogP contribution in [0, 0.1) is 12.7 Å². The van der Waals surface area contributed by atoms with E-state index in [2.05, 4.69) is 5.32 Å². The predicted molar refractivity (Wildman–Crippen MR) is 111 cm³/mol. The number of anilines is 2. The third kappa shape index (κ3) is 3.40. The first-order chi connectivity index (χ1) is 14.0. The van der Waals surface area contributed by atoms with Gasteiger partial charge in [-0.3, -0.25) is 9.59 Å². The van der Waals surface area contributed by atoms with Crippen molar-refractivity contribution < 1.29 is 18.7 Å². The van der Waals surface area contributed by atoms with Crippen LogP contribution in [0.3, 0.4) is 0 Å². The minimum Gasteiger partial charge on any atom is -0.495 e. The fourth-order valence-corrected chi connectivity index (χ4v) is 3.93. The Kier molecular flexibility index (Phi) is 4.90. The van der Waals surface area contributed by atoms with Gasteiger partial charge in [0.15, 0.2) is 0 Å². The van der Waals surface area contributed by atoms with Crippen LogP contribution in [-0.4, -0.2) is 18.9 Å². The number of hydrogen-bond donors (Lipinski definition) is 1. The van der Waals surface area contributed by atoms with Gasteiger partial charge in [-0.1, -0.05) is 12.1 Å². The van der Waals surface area contributed by atoms with Crippen molar-refractivity contribution in [3.05, 3.63) is 81.9 Å². The highest BCUT2D eigenvalue weighted by atomic mass is 32.1. The van der Waals surface area contributed by atoms with E-state index in [1.165, 1.54) is 42.7 Å². The number of hydrogen-bond acceptors (Lipinski definition) is 5. The monoisotopic (exact) mass is 408 g/mol. The molecule has 3 aromatic rings. The van der Waals surface area contributed by atoms with Gasteiger partial charge in [0.25, 0.3) is 11.8 Å². The maximum atomic E-state index is 13.3. The van der Waals surface area contributed by atoms with E-state index in [0.29, 0.717) is 22.0 Å². The van der Waals surface area contributed by atoms with Crippen LogP contribution in [0.25, 0.3) is 5.57 Å². The van der Waals surface area contributed by atoms with Gasteiger partial charge in [-0.2, -0.15) is 0 Å². The molecule has 0 saturated carbocycles. The number of carbonyl (C=O) groups is 2. The zero-order valence-corrected chi connectivity index (χ0v) is 16.5. The van der Waals surface area contributed by atoms with E-state index >= 15 is 0 Å². The summed E-state index contributed by atoms with van der Waals surface area (Å²) in [6.45, 7) is 1.87. The molecule has 1 aromatic heterocycles. The Balaban J connectivity index is 1.82. The fraction of sp³-hybridized carbons (Fsp3) is 0.0909. The van der Waals surface area contributed by atoms with Gasteiger partial charge in [0.05, 0.1) is 18.4 Å². The SMILES string of the molecule is COc1ccc(C)cc1N1C(=O)C(Nc2ccc(F)cc2)=C(c2cccs2)C1=O. The first-order valence-electron chi connectivity index (χ1n) is 8.83. The van der Waals surface area contributed by atoms with Crippen molar-refractivity contribution in [2.75, 3.05) is 17.3 Å².